The first-order valence-corrected chi connectivity index (χ1v) is 6.40. The monoisotopic (exact) mass is 277 g/mol. The fourth-order valence-electron chi connectivity index (χ4n) is 1.89. The molecule has 0 radical (unpaired) electrons. The smallest absolute Gasteiger partial charge is 0.261 e. The molecule has 1 heterocycles. The van der Waals surface area contributed by atoms with Gasteiger partial charge in [0.2, 0.25) is 5.82 Å². The highest BCUT2D eigenvalue weighted by atomic mass is 16.5. The first kappa shape index (κ1) is 14.3. The molecule has 0 spiro atoms. The highest BCUT2D eigenvalue weighted by molar-refractivity contribution is 5.66. The molecule has 0 saturated carbocycles. The summed E-state index contributed by atoms with van der Waals surface area (Å²) >= 11 is 0. The molecule has 0 atom stereocenters. The van der Waals surface area contributed by atoms with Crippen molar-refractivity contribution in [2.24, 2.45) is 0 Å². The highest BCUT2D eigenvalue weighted by Gasteiger charge is 2.28. The van der Waals surface area contributed by atoms with E-state index >= 15 is 0 Å². The quantitative estimate of drug-likeness (QED) is 0.846. The Hall–Kier alpha value is -2.08. The van der Waals surface area contributed by atoms with Gasteiger partial charge in [-0.05, 0) is 32.9 Å². The SMILES string of the molecule is CCOC(C)(C)c1noc(-c2ccc(N)cc2OC)n1. The topological polar surface area (TPSA) is 83.4 Å². The Balaban J connectivity index is 2.38. The summed E-state index contributed by atoms with van der Waals surface area (Å²) in [7, 11) is 1.57. The van der Waals surface area contributed by atoms with E-state index < -0.39 is 5.60 Å². The molecule has 2 rings (SSSR count). The average Bonchev–Trinajstić information content (AvgIpc) is 2.88. The first-order chi connectivity index (χ1) is 9.47. The summed E-state index contributed by atoms with van der Waals surface area (Å²) in [5.74, 6) is 1.47. The largest absolute Gasteiger partial charge is 0.496 e. The van der Waals surface area contributed by atoms with E-state index in [2.05, 4.69) is 10.1 Å². The zero-order valence-electron chi connectivity index (χ0n) is 12.1. The van der Waals surface area contributed by atoms with Crippen LogP contribution in [0.1, 0.15) is 26.6 Å². The van der Waals surface area contributed by atoms with E-state index in [4.69, 9.17) is 19.7 Å². The number of hydrogen-bond acceptors (Lipinski definition) is 6. The predicted octanol–water partition coefficient (Wildman–Crippen LogP) is 2.60. The lowest BCUT2D eigenvalue weighted by Crippen LogP contribution is -2.23. The second-order valence-corrected chi connectivity index (χ2v) is 4.83. The molecule has 6 nitrogen and oxygen atoms in total. The lowest BCUT2D eigenvalue weighted by molar-refractivity contribution is -0.0221. The number of nitrogens with zero attached hydrogens (tertiary/aromatic N) is 2. The van der Waals surface area contributed by atoms with E-state index in [1.165, 1.54) is 0 Å². The molecular formula is C14H19N3O3. The maximum atomic E-state index is 5.73. The molecule has 0 bridgehead atoms. The van der Waals surface area contributed by atoms with Crippen LogP contribution in [-0.4, -0.2) is 23.9 Å². The number of methoxy groups -OCH3 is 1. The van der Waals surface area contributed by atoms with E-state index in [1.54, 1.807) is 25.3 Å². The van der Waals surface area contributed by atoms with Crippen LogP contribution < -0.4 is 10.5 Å². The van der Waals surface area contributed by atoms with Gasteiger partial charge in [-0.3, -0.25) is 0 Å². The molecule has 0 unspecified atom stereocenters. The van der Waals surface area contributed by atoms with Gasteiger partial charge in [-0.15, -0.1) is 0 Å². The predicted molar refractivity (Wildman–Crippen MR) is 75.4 cm³/mol. The summed E-state index contributed by atoms with van der Waals surface area (Å²) in [6, 6.07) is 5.27. The summed E-state index contributed by atoms with van der Waals surface area (Å²) in [5, 5.41) is 3.98. The van der Waals surface area contributed by atoms with Gasteiger partial charge in [0.1, 0.15) is 11.4 Å². The van der Waals surface area contributed by atoms with Gasteiger partial charge in [0.05, 0.1) is 12.7 Å². The molecule has 6 heteroatoms. The van der Waals surface area contributed by atoms with Crippen LogP contribution in [0.2, 0.25) is 0 Å². The zero-order valence-corrected chi connectivity index (χ0v) is 12.1. The Labute approximate surface area is 117 Å². The van der Waals surface area contributed by atoms with E-state index in [9.17, 15) is 0 Å². The second-order valence-electron chi connectivity index (χ2n) is 4.83. The van der Waals surface area contributed by atoms with Crippen molar-refractivity contribution in [3.8, 4) is 17.2 Å². The van der Waals surface area contributed by atoms with Crippen molar-refractivity contribution < 1.29 is 14.0 Å². The van der Waals surface area contributed by atoms with Gasteiger partial charge in [0.15, 0.2) is 0 Å². The van der Waals surface area contributed by atoms with Gasteiger partial charge in [-0.25, -0.2) is 0 Å². The van der Waals surface area contributed by atoms with Gasteiger partial charge >= 0.3 is 0 Å². The molecule has 2 N–H and O–H groups in total. The lowest BCUT2D eigenvalue weighted by atomic mass is 10.1. The second kappa shape index (κ2) is 5.50. The van der Waals surface area contributed by atoms with Gasteiger partial charge in [-0.2, -0.15) is 4.98 Å². The van der Waals surface area contributed by atoms with E-state index in [0.29, 0.717) is 35.3 Å². The number of nitrogens with two attached hydrogens (primary N) is 1. The Morgan fingerprint density at radius 1 is 1.35 bits per heavy atom. The molecule has 108 valence electrons. The molecule has 1 aromatic heterocycles. The minimum absolute atomic E-state index is 0.379. The van der Waals surface area contributed by atoms with Crippen molar-refractivity contribution in [2.45, 2.75) is 26.4 Å². The van der Waals surface area contributed by atoms with Gasteiger partial charge < -0.3 is 19.7 Å². The summed E-state index contributed by atoms with van der Waals surface area (Å²) in [6.07, 6.45) is 0. The third kappa shape index (κ3) is 2.75. The van der Waals surface area contributed by atoms with Crippen LogP contribution in [0.3, 0.4) is 0 Å². The summed E-state index contributed by atoms with van der Waals surface area (Å²) in [4.78, 5) is 4.39. The molecule has 20 heavy (non-hydrogen) atoms. The van der Waals surface area contributed by atoms with E-state index in [-0.39, 0.29) is 0 Å². The Morgan fingerprint density at radius 3 is 2.75 bits per heavy atom. The van der Waals surface area contributed by atoms with Crippen LogP contribution in [0.5, 0.6) is 5.75 Å². The summed E-state index contributed by atoms with van der Waals surface area (Å²) in [5.41, 5.74) is 6.44. The summed E-state index contributed by atoms with van der Waals surface area (Å²) < 4.78 is 16.2. The zero-order chi connectivity index (χ0) is 14.8. The van der Waals surface area contributed by atoms with Crippen molar-refractivity contribution in [3.63, 3.8) is 0 Å². The van der Waals surface area contributed by atoms with Crippen molar-refractivity contribution in [3.05, 3.63) is 24.0 Å². The minimum atomic E-state index is -0.600. The third-order valence-electron chi connectivity index (χ3n) is 2.93. The van der Waals surface area contributed by atoms with Crippen LogP contribution in [0.25, 0.3) is 11.5 Å². The molecule has 2 aromatic rings. The van der Waals surface area contributed by atoms with Crippen LogP contribution in [-0.2, 0) is 10.3 Å². The highest BCUT2D eigenvalue weighted by Crippen LogP contribution is 2.32. The molecule has 0 aliphatic heterocycles. The fraction of sp³-hybridized carbons (Fsp3) is 0.429. The van der Waals surface area contributed by atoms with Crippen molar-refractivity contribution in [2.75, 3.05) is 19.5 Å². The number of aromatic nitrogens is 2. The Bertz CT molecular complexity index is 593. The van der Waals surface area contributed by atoms with Gasteiger partial charge in [-0.1, -0.05) is 5.16 Å². The van der Waals surface area contributed by atoms with Gasteiger partial charge in [0.25, 0.3) is 5.89 Å². The van der Waals surface area contributed by atoms with Crippen molar-refractivity contribution in [1.29, 1.82) is 0 Å². The average molecular weight is 277 g/mol. The van der Waals surface area contributed by atoms with Crippen LogP contribution in [0, 0.1) is 0 Å². The van der Waals surface area contributed by atoms with E-state index in [1.807, 2.05) is 20.8 Å². The third-order valence-corrected chi connectivity index (χ3v) is 2.93. The molecular weight excluding hydrogens is 258 g/mol. The number of rotatable bonds is 5. The number of ether oxygens (including phenoxy) is 2. The summed E-state index contributed by atoms with van der Waals surface area (Å²) in [6.45, 7) is 6.28. The molecule has 0 aliphatic carbocycles. The number of anilines is 1. The Morgan fingerprint density at radius 2 is 2.10 bits per heavy atom. The Kier molecular flexibility index (Phi) is 3.94. The van der Waals surface area contributed by atoms with Crippen molar-refractivity contribution >= 4 is 5.69 Å². The maximum absolute atomic E-state index is 5.73. The fourth-order valence-corrected chi connectivity index (χ4v) is 1.89. The standard InChI is InChI=1S/C14H19N3O3/c1-5-19-14(2,3)13-16-12(20-17-13)10-7-6-9(15)8-11(10)18-4/h6-8H,5,15H2,1-4H3. The van der Waals surface area contributed by atoms with Crippen molar-refractivity contribution in [1.82, 2.24) is 10.1 Å². The van der Waals surface area contributed by atoms with Crippen LogP contribution in [0.4, 0.5) is 5.69 Å². The van der Waals surface area contributed by atoms with Crippen LogP contribution >= 0.6 is 0 Å². The first-order valence-electron chi connectivity index (χ1n) is 6.40. The molecule has 0 saturated heterocycles. The number of nitrogen functional groups attached to an aromatic ring is 1. The normalized spacial score (nSPS) is 11.6. The molecule has 0 aliphatic rings. The number of benzene rings is 1. The van der Waals surface area contributed by atoms with Gasteiger partial charge in [0, 0.05) is 18.4 Å². The molecule has 1 aromatic carbocycles. The van der Waals surface area contributed by atoms with Crippen LogP contribution in [0.15, 0.2) is 22.7 Å². The minimum Gasteiger partial charge on any atom is -0.496 e. The lowest BCUT2D eigenvalue weighted by Gasteiger charge is -2.19. The molecule has 0 fully saturated rings. The van der Waals surface area contributed by atoms with E-state index in [0.717, 1.165) is 0 Å². The number of hydrogen-bond donors (Lipinski definition) is 1. The maximum Gasteiger partial charge on any atom is 0.261 e. The molecule has 0 amide bonds.